The fourth-order valence-corrected chi connectivity index (χ4v) is 2.17. The van der Waals surface area contributed by atoms with E-state index in [-0.39, 0.29) is 5.82 Å². The predicted octanol–water partition coefficient (Wildman–Crippen LogP) is -1.98. The summed E-state index contributed by atoms with van der Waals surface area (Å²) >= 11 is 0. The smallest absolute Gasteiger partial charge is 0.167 e. The maximum atomic E-state index is 9.95. The lowest BCUT2D eigenvalue weighted by molar-refractivity contribution is -0.0511. The minimum Gasteiger partial charge on any atom is -0.394 e. The Kier molecular flexibility index (Phi) is 2.82. The summed E-state index contributed by atoms with van der Waals surface area (Å²) in [6, 6.07) is 0. The number of nitrogens with two attached hydrogens (primary N) is 1. The van der Waals surface area contributed by atoms with E-state index in [0.29, 0.717) is 11.2 Å². The second kappa shape index (κ2) is 4.38. The van der Waals surface area contributed by atoms with Gasteiger partial charge in [0.1, 0.15) is 30.2 Å². The molecule has 102 valence electrons. The lowest BCUT2D eigenvalue weighted by Crippen LogP contribution is -2.33. The average Bonchev–Trinajstić information content (AvgIpc) is 2.94. The van der Waals surface area contributed by atoms with Crippen molar-refractivity contribution in [2.24, 2.45) is 0 Å². The molecule has 3 rings (SSSR count). The first kappa shape index (κ1) is 12.2. The van der Waals surface area contributed by atoms with Gasteiger partial charge >= 0.3 is 0 Å². The molecule has 0 aliphatic carbocycles. The molecule has 2 aromatic heterocycles. The van der Waals surface area contributed by atoms with Crippen LogP contribution in [0, 0.1) is 0 Å². The molecule has 9 nitrogen and oxygen atoms in total. The molecule has 0 aromatic carbocycles. The zero-order valence-electron chi connectivity index (χ0n) is 9.79. The van der Waals surface area contributed by atoms with Gasteiger partial charge < -0.3 is 25.8 Å². The summed E-state index contributed by atoms with van der Waals surface area (Å²) in [4.78, 5) is 11.9. The quantitative estimate of drug-likeness (QED) is 0.491. The van der Waals surface area contributed by atoms with Crippen molar-refractivity contribution >= 4 is 17.0 Å². The van der Waals surface area contributed by atoms with Crippen molar-refractivity contribution in [3.63, 3.8) is 0 Å². The molecule has 19 heavy (non-hydrogen) atoms. The van der Waals surface area contributed by atoms with Gasteiger partial charge in [0.2, 0.25) is 0 Å². The average molecular weight is 268 g/mol. The molecular formula is C10H13N5O4. The van der Waals surface area contributed by atoms with E-state index in [1.54, 1.807) is 0 Å². The van der Waals surface area contributed by atoms with Crippen LogP contribution in [0.5, 0.6) is 0 Å². The first-order valence-electron chi connectivity index (χ1n) is 5.69. The summed E-state index contributed by atoms with van der Waals surface area (Å²) in [7, 11) is 0. The van der Waals surface area contributed by atoms with Crippen LogP contribution in [-0.2, 0) is 4.74 Å². The summed E-state index contributed by atoms with van der Waals surface area (Å²) < 4.78 is 6.85. The number of hydrogen-bond acceptors (Lipinski definition) is 8. The predicted molar refractivity (Wildman–Crippen MR) is 62.7 cm³/mol. The second-order valence-electron chi connectivity index (χ2n) is 4.31. The van der Waals surface area contributed by atoms with Gasteiger partial charge in [-0.15, -0.1) is 0 Å². The van der Waals surface area contributed by atoms with Crippen LogP contribution in [0.25, 0.3) is 11.2 Å². The molecule has 2 aromatic rings. The number of hydrogen-bond donors (Lipinski definition) is 4. The highest BCUT2D eigenvalue weighted by Gasteiger charge is 2.43. The fourth-order valence-electron chi connectivity index (χ4n) is 2.17. The van der Waals surface area contributed by atoms with Crippen molar-refractivity contribution in [1.29, 1.82) is 0 Å². The van der Waals surface area contributed by atoms with Crippen molar-refractivity contribution in [3.05, 3.63) is 12.7 Å². The second-order valence-corrected chi connectivity index (χ2v) is 4.31. The first-order valence-corrected chi connectivity index (χ1v) is 5.69. The largest absolute Gasteiger partial charge is 0.394 e. The summed E-state index contributed by atoms with van der Waals surface area (Å²) in [6.45, 7) is -0.390. The molecule has 0 spiro atoms. The first-order chi connectivity index (χ1) is 9.13. The number of nitrogens with zero attached hydrogens (tertiary/aromatic N) is 4. The molecule has 1 saturated heterocycles. The van der Waals surface area contributed by atoms with E-state index in [4.69, 9.17) is 15.6 Å². The molecule has 0 amide bonds. The number of rotatable bonds is 2. The Morgan fingerprint density at radius 3 is 2.74 bits per heavy atom. The van der Waals surface area contributed by atoms with Crippen molar-refractivity contribution in [1.82, 2.24) is 19.5 Å². The van der Waals surface area contributed by atoms with Gasteiger partial charge in [0.05, 0.1) is 12.9 Å². The van der Waals surface area contributed by atoms with Gasteiger partial charge in [0, 0.05) is 0 Å². The lowest BCUT2D eigenvalue weighted by Gasteiger charge is -2.16. The molecule has 0 bridgehead atoms. The summed E-state index contributed by atoms with van der Waals surface area (Å²) in [5, 5.41) is 28.7. The number of fused-ring (bicyclic) bond motifs is 1. The van der Waals surface area contributed by atoms with Gasteiger partial charge in [-0.25, -0.2) is 15.0 Å². The van der Waals surface area contributed by atoms with Crippen LogP contribution in [0.4, 0.5) is 5.82 Å². The number of aliphatic hydroxyl groups is 3. The standard InChI is InChI=1S/C10H13N5O4/c11-8-5-9(13-2-12-8)15(3-14-5)10-7(18)6(17)4(1-16)19-10/h2-4,6-7,10,16-18H,1H2,(H2,11,12,13)/t4-,6-,7-,10-/m1/s1/i15+1. The number of imidazole rings is 1. The third-order valence-electron chi connectivity index (χ3n) is 3.18. The number of aliphatic hydroxyl groups excluding tert-OH is 3. The number of nitrogen functional groups attached to an aromatic ring is 1. The molecule has 0 unspecified atom stereocenters. The van der Waals surface area contributed by atoms with Gasteiger partial charge in [-0.1, -0.05) is 0 Å². The number of ether oxygens (including phenoxy) is 1. The molecule has 0 saturated carbocycles. The third kappa shape index (κ3) is 1.75. The normalized spacial score (nSPS) is 31.1. The SMILES string of the molecule is Nc1ncnc2c1nc[15n]2[C@@H]1O[C@H](CO)[C@@H](O)[C@H]1O. The van der Waals surface area contributed by atoms with E-state index in [9.17, 15) is 10.2 Å². The highest BCUT2D eigenvalue weighted by molar-refractivity contribution is 5.81. The minimum absolute atomic E-state index is 0.218. The zero-order valence-corrected chi connectivity index (χ0v) is 9.79. The Morgan fingerprint density at radius 2 is 2.05 bits per heavy atom. The van der Waals surface area contributed by atoms with Gasteiger partial charge in [0.15, 0.2) is 17.7 Å². The highest BCUT2D eigenvalue weighted by Crippen LogP contribution is 2.31. The van der Waals surface area contributed by atoms with Crippen molar-refractivity contribution in [2.45, 2.75) is 24.5 Å². The Labute approximate surface area is 107 Å². The topological polar surface area (TPSA) is 140 Å². The van der Waals surface area contributed by atoms with E-state index in [2.05, 4.69) is 15.0 Å². The van der Waals surface area contributed by atoms with Crippen LogP contribution >= 0.6 is 0 Å². The molecule has 4 atom stereocenters. The monoisotopic (exact) mass is 268 g/mol. The lowest BCUT2D eigenvalue weighted by atomic mass is 10.1. The van der Waals surface area contributed by atoms with Crippen LogP contribution in [0.3, 0.4) is 0 Å². The summed E-state index contributed by atoms with van der Waals surface area (Å²) in [5.74, 6) is 0.218. The molecule has 9 heteroatoms. The van der Waals surface area contributed by atoms with Gasteiger partial charge in [0.25, 0.3) is 0 Å². The van der Waals surface area contributed by atoms with E-state index in [1.165, 1.54) is 17.2 Å². The van der Waals surface area contributed by atoms with Crippen LogP contribution in [0.15, 0.2) is 12.7 Å². The van der Waals surface area contributed by atoms with Gasteiger partial charge in [-0.2, -0.15) is 0 Å². The Balaban J connectivity index is 2.04. The van der Waals surface area contributed by atoms with E-state index < -0.39 is 31.1 Å². The molecule has 0 radical (unpaired) electrons. The van der Waals surface area contributed by atoms with E-state index in [1.807, 2.05) is 0 Å². The maximum absolute atomic E-state index is 9.95. The third-order valence-corrected chi connectivity index (χ3v) is 3.18. The minimum atomic E-state index is -1.19. The van der Waals surface area contributed by atoms with Crippen LogP contribution in [-0.4, -0.2) is 59.8 Å². The fraction of sp³-hybridized carbons (Fsp3) is 0.500. The molecule has 3 heterocycles. The number of anilines is 1. The molecule has 1 fully saturated rings. The zero-order chi connectivity index (χ0) is 13.6. The Hall–Kier alpha value is -1.81. The maximum Gasteiger partial charge on any atom is 0.167 e. The Morgan fingerprint density at radius 1 is 1.26 bits per heavy atom. The van der Waals surface area contributed by atoms with Crippen molar-refractivity contribution in [3.8, 4) is 0 Å². The number of aromatic nitrogens is 4. The van der Waals surface area contributed by atoms with E-state index in [0.717, 1.165) is 0 Å². The Bertz CT molecular complexity index is 603. The molecule has 1 aliphatic rings. The van der Waals surface area contributed by atoms with Gasteiger partial charge in [-0.05, 0) is 0 Å². The molecule has 1 aliphatic heterocycles. The summed E-state index contributed by atoms with van der Waals surface area (Å²) in [5.41, 5.74) is 6.44. The molecule has 5 N–H and O–H groups in total. The highest BCUT2D eigenvalue weighted by atomic mass is 16.6. The molecular weight excluding hydrogens is 255 g/mol. The van der Waals surface area contributed by atoms with E-state index >= 15 is 0 Å². The van der Waals surface area contributed by atoms with Crippen LogP contribution < -0.4 is 5.73 Å². The summed E-state index contributed by atoms with van der Waals surface area (Å²) in [6.07, 6.45) is -1.42. The van der Waals surface area contributed by atoms with Crippen LogP contribution in [0.1, 0.15) is 6.23 Å². The van der Waals surface area contributed by atoms with Crippen LogP contribution in [0.2, 0.25) is 0 Å². The van der Waals surface area contributed by atoms with Crippen molar-refractivity contribution < 1.29 is 20.1 Å². The van der Waals surface area contributed by atoms with Gasteiger partial charge in [-0.3, -0.25) is 4.57 Å². The van der Waals surface area contributed by atoms with Crippen molar-refractivity contribution in [2.75, 3.05) is 12.3 Å².